The van der Waals surface area contributed by atoms with E-state index in [4.69, 9.17) is 4.74 Å². The molecule has 0 atom stereocenters. The number of esters is 1. The Balaban J connectivity index is 1.89. The Labute approximate surface area is 161 Å². The summed E-state index contributed by atoms with van der Waals surface area (Å²) in [5.74, 6) is -1.13. The van der Waals surface area contributed by atoms with Crippen LogP contribution < -0.4 is 0 Å². The molecule has 1 heterocycles. The number of rotatable bonds is 5. The molecule has 0 aromatic heterocycles. The lowest BCUT2D eigenvalue weighted by Gasteiger charge is -2.32. The van der Waals surface area contributed by atoms with Crippen molar-refractivity contribution in [3.8, 4) is 5.75 Å². The van der Waals surface area contributed by atoms with Crippen LogP contribution in [0.25, 0.3) is 0 Å². The molecule has 1 saturated heterocycles. The number of hydrogen-bond donors (Lipinski definition) is 1. The quantitative estimate of drug-likeness (QED) is 0.727. The highest BCUT2D eigenvalue weighted by Gasteiger charge is 2.29. The van der Waals surface area contributed by atoms with Crippen molar-refractivity contribution in [1.82, 2.24) is 9.80 Å². The van der Waals surface area contributed by atoms with Crippen LogP contribution in [-0.2, 0) is 14.3 Å². The molecule has 7 nitrogen and oxygen atoms in total. The monoisotopic (exact) mass is 426 g/mol. The van der Waals surface area contributed by atoms with E-state index in [0.29, 0.717) is 37.0 Å². The van der Waals surface area contributed by atoms with E-state index >= 15 is 0 Å². The topological polar surface area (TPSA) is 87.2 Å². The van der Waals surface area contributed by atoms with Gasteiger partial charge in [0.05, 0.1) is 24.6 Å². The molecule has 1 aliphatic rings. The van der Waals surface area contributed by atoms with Crippen LogP contribution in [0.15, 0.2) is 22.7 Å². The summed E-state index contributed by atoms with van der Waals surface area (Å²) in [6, 6.07) is 4.60. The van der Waals surface area contributed by atoms with Crippen LogP contribution in [0.5, 0.6) is 5.75 Å². The molecule has 1 aliphatic heterocycles. The van der Waals surface area contributed by atoms with Crippen molar-refractivity contribution in [2.75, 3.05) is 33.3 Å². The highest BCUT2D eigenvalue weighted by Crippen LogP contribution is 2.23. The number of amides is 2. The summed E-state index contributed by atoms with van der Waals surface area (Å²) >= 11 is 3.22. The zero-order chi connectivity index (χ0) is 19.3. The lowest BCUT2D eigenvalue weighted by Crippen LogP contribution is -2.45. The van der Waals surface area contributed by atoms with Gasteiger partial charge in [0, 0.05) is 24.6 Å². The number of halogens is 1. The van der Waals surface area contributed by atoms with Crippen molar-refractivity contribution >= 4 is 33.7 Å². The Morgan fingerprint density at radius 1 is 1.31 bits per heavy atom. The van der Waals surface area contributed by atoms with E-state index in [1.165, 1.54) is 24.1 Å². The summed E-state index contributed by atoms with van der Waals surface area (Å²) in [4.78, 5) is 39.5. The number of ether oxygens (including phenoxy) is 1. The number of aromatic hydroxyl groups is 1. The Morgan fingerprint density at radius 2 is 1.96 bits per heavy atom. The highest BCUT2D eigenvalue weighted by atomic mass is 79.9. The minimum atomic E-state index is -0.426. The number of benzene rings is 1. The van der Waals surface area contributed by atoms with E-state index < -0.39 is 5.91 Å². The third-order valence-corrected chi connectivity index (χ3v) is 4.87. The maximum Gasteiger partial charge on any atom is 0.309 e. The Morgan fingerprint density at radius 3 is 2.54 bits per heavy atom. The average Bonchev–Trinajstić information content (AvgIpc) is 2.61. The molecular formula is C18H23BrN2O5. The molecule has 1 N–H and O–H groups in total. The highest BCUT2D eigenvalue weighted by molar-refractivity contribution is 9.10. The predicted molar refractivity (Wildman–Crippen MR) is 98.7 cm³/mol. The van der Waals surface area contributed by atoms with E-state index in [9.17, 15) is 19.5 Å². The second kappa shape index (κ2) is 9.02. The third-order valence-electron chi connectivity index (χ3n) is 4.38. The smallest absolute Gasteiger partial charge is 0.309 e. The van der Waals surface area contributed by atoms with E-state index in [-0.39, 0.29) is 35.7 Å². The third kappa shape index (κ3) is 4.97. The van der Waals surface area contributed by atoms with Gasteiger partial charge in [0.1, 0.15) is 5.75 Å². The number of carbonyl (C=O) groups is 3. The van der Waals surface area contributed by atoms with Gasteiger partial charge >= 0.3 is 5.97 Å². The normalized spacial score (nSPS) is 14.8. The first-order valence-electron chi connectivity index (χ1n) is 8.51. The fourth-order valence-electron chi connectivity index (χ4n) is 2.89. The van der Waals surface area contributed by atoms with Gasteiger partial charge in [-0.1, -0.05) is 15.9 Å². The standard InChI is InChI=1S/C18H23BrN2O5/c1-3-26-18(25)12-6-8-21(9-7-12)16(23)11-20(2)17(24)14-5-4-13(19)10-15(14)22/h4-5,10,12,22H,3,6-9,11H2,1-2H3. The molecule has 0 spiro atoms. The molecule has 2 amide bonds. The van der Waals surface area contributed by atoms with Gasteiger partial charge in [-0.05, 0) is 38.0 Å². The molecule has 1 aromatic rings. The number of piperidine rings is 1. The van der Waals surface area contributed by atoms with Gasteiger partial charge in [-0.2, -0.15) is 0 Å². The number of likely N-dealkylation sites (N-methyl/N-ethyl adjacent to an activating group) is 1. The molecule has 0 bridgehead atoms. The first-order valence-corrected chi connectivity index (χ1v) is 9.31. The lowest BCUT2D eigenvalue weighted by atomic mass is 9.97. The van der Waals surface area contributed by atoms with Gasteiger partial charge in [0.25, 0.3) is 5.91 Å². The first-order chi connectivity index (χ1) is 12.3. The van der Waals surface area contributed by atoms with Gasteiger partial charge in [-0.3, -0.25) is 14.4 Å². The van der Waals surface area contributed by atoms with Crippen LogP contribution in [0.3, 0.4) is 0 Å². The molecule has 0 unspecified atom stereocenters. The van der Waals surface area contributed by atoms with Gasteiger partial charge in [0.15, 0.2) is 0 Å². The van der Waals surface area contributed by atoms with Crippen molar-refractivity contribution in [2.45, 2.75) is 19.8 Å². The number of nitrogens with zero attached hydrogens (tertiary/aromatic N) is 2. The van der Waals surface area contributed by atoms with E-state index in [2.05, 4.69) is 15.9 Å². The lowest BCUT2D eigenvalue weighted by molar-refractivity contribution is -0.151. The molecule has 26 heavy (non-hydrogen) atoms. The average molecular weight is 427 g/mol. The fourth-order valence-corrected chi connectivity index (χ4v) is 3.24. The van der Waals surface area contributed by atoms with Gasteiger partial charge in [0.2, 0.25) is 5.91 Å². The van der Waals surface area contributed by atoms with Crippen LogP contribution in [-0.4, -0.2) is 66.0 Å². The molecule has 142 valence electrons. The summed E-state index contributed by atoms with van der Waals surface area (Å²) in [7, 11) is 1.52. The van der Waals surface area contributed by atoms with Crippen LogP contribution >= 0.6 is 15.9 Å². The largest absolute Gasteiger partial charge is 0.507 e. The molecule has 2 rings (SSSR count). The Hall–Kier alpha value is -2.09. The molecule has 0 saturated carbocycles. The minimum absolute atomic E-state index is 0.0849. The maximum absolute atomic E-state index is 12.4. The van der Waals surface area contributed by atoms with Crippen LogP contribution in [0, 0.1) is 5.92 Å². The number of phenols is 1. The molecular weight excluding hydrogens is 404 g/mol. The van der Waals surface area contributed by atoms with E-state index in [1.807, 2.05) is 0 Å². The summed E-state index contributed by atoms with van der Waals surface area (Å²) in [6.07, 6.45) is 1.13. The van der Waals surface area contributed by atoms with E-state index in [1.54, 1.807) is 17.9 Å². The minimum Gasteiger partial charge on any atom is -0.507 e. The van der Waals surface area contributed by atoms with Crippen LogP contribution in [0.4, 0.5) is 0 Å². The van der Waals surface area contributed by atoms with E-state index in [0.717, 1.165) is 0 Å². The Bertz CT molecular complexity index is 686. The second-order valence-corrected chi connectivity index (χ2v) is 7.15. The maximum atomic E-state index is 12.4. The molecule has 1 aromatic carbocycles. The molecule has 1 fully saturated rings. The Kier molecular flexibility index (Phi) is 7.02. The first kappa shape index (κ1) is 20.2. The number of likely N-dealkylation sites (tertiary alicyclic amines) is 1. The zero-order valence-electron chi connectivity index (χ0n) is 14.9. The SMILES string of the molecule is CCOC(=O)C1CCN(C(=O)CN(C)C(=O)c2ccc(Br)cc2O)CC1. The zero-order valence-corrected chi connectivity index (χ0v) is 16.5. The van der Waals surface area contributed by atoms with Crippen molar-refractivity contribution in [3.05, 3.63) is 28.2 Å². The van der Waals surface area contributed by atoms with Gasteiger partial charge in [-0.15, -0.1) is 0 Å². The molecule has 0 aliphatic carbocycles. The van der Waals surface area contributed by atoms with Gasteiger partial charge < -0.3 is 19.6 Å². The molecule has 8 heteroatoms. The van der Waals surface area contributed by atoms with Crippen molar-refractivity contribution < 1.29 is 24.2 Å². The number of carbonyl (C=O) groups excluding carboxylic acids is 3. The van der Waals surface area contributed by atoms with Gasteiger partial charge in [-0.25, -0.2) is 0 Å². The number of phenolic OH excluding ortho intramolecular Hbond substituents is 1. The van der Waals surface area contributed by atoms with Crippen molar-refractivity contribution in [2.24, 2.45) is 5.92 Å². The number of hydrogen-bond acceptors (Lipinski definition) is 5. The second-order valence-electron chi connectivity index (χ2n) is 6.23. The summed E-state index contributed by atoms with van der Waals surface area (Å²) in [5.41, 5.74) is 0.143. The summed E-state index contributed by atoms with van der Waals surface area (Å²) in [6.45, 7) is 2.97. The van der Waals surface area contributed by atoms with Crippen molar-refractivity contribution in [3.63, 3.8) is 0 Å². The predicted octanol–water partition coefficient (Wildman–Crippen LogP) is 2.03. The summed E-state index contributed by atoms with van der Waals surface area (Å²) in [5, 5.41) is 9.90. The van der Waals surface area contributed by atoms with Crippen molar-refractivity contribution in [1.29, 1.82) is 0 Å². The van der Waals surface area contributed by atoms with Crippen LogP contribution in [0.2, 0.25) is 0 Å². The fraction of sp³-hybridized carbons (Fsp3) is 0.500. The van der Waals surface area contributed by atoms with Crippen LogP contribution in [0.1, 0.15) is 30.1 Å². The summed E-state index contributed by atoms with van der Waals surface area (Å²) < 4.78 is 5.68. The molecule has 0 radical (unpaired) electrons.